The molecule has 0 unspecified atom stereocenters. The third kappa shape index (κ3) is 4.17. The predicted molar refractivity (Wildman–Crippen MR) is 79.7 cm³/mol. The molecule has 0 aromatic carbocycles. The van der Waals surface area contributed by atoms with Crippen LogP contribution < -0.4 is 5.73 Å². The number of carbonyl (C=O) groups excluding carboxylic acids is 1. The maximum Gasteiger partial charge on any atom is 0.239 e. The Morgan fingerprint density at radius 3 is 2.20 bits per heavy atom. The largest absolute Gasteiger partial charge is 0.339 e. The molecule has 1 amide bonds. The molecule has 1 aliphatic rings. The van der Waals surface area contributed by atoms with Crippen molar-refractivity contribution in [3.8, 4) is 0 Å². The molecule has 20 heavy (non-hydrogen) atoms. The van der Waals surface area contributed by atoms with Crippen molar-refractivity contribution in [1.29, 1.82) is 0 Å². The van der Waals surface area contributed by atoms with Crippen molar-refractivity contribution in [3.63, 3.8) is 0 Å². The van der Waals surface area contributed by atoms with E-state index in [2.05, 4.69) is 0 Å². The molecule has 0 radical (unpaired) electrons. The normalized spacial score (nSPS) is 20.7. The molecule has 1 saturated heterocycles. The van der Waals surface area contributed by atoms with E-state index in [-0.39, 0.29) is 17.6 Å². The molecule has 1 aliphatic heterocycles. The van der Waals surface area contributed by atoms with Gasteiger partial charge in [0.2, 0.25) is 15.9 Å². The van der Waals surface area contributed by atoms with Crippen LogP contribution in [0.3, 0.4) is 0 Å². The van der Waals surface area contributed by atoms with Crippen LogP contribution in [0.2, 0.25) is 0 Å². The van der Waals surface area contributed by atoms with E-state index in [1.54, 1.807) is 4.90 Å². The summed E-state index contributed by atoms with van der Waals surface area (Å²) in [4.78, 5) is 13.9. The van der Waals surface area contributed by atoms with Gasteiger partial charge >= 0.3 is 0 Å². The van der Waals surface area contributed by atoms with Gasteiger partial charge in [-0.05, 0) is 12.3 Å². The van der Waals surface area contributed by atoms with E-state index in [0.717, 1.165) is 6.42 Å². The van der Waals surface area contributed by atoms with Crippen molar-refractivity contribution >= 4 is 15.9 Å². The second-order valence-corrected chi connectivity index (χ2v) is 7.54. The SMILES string of the molecule is CCCS(=O)(=O)N1CCN(C(=O)[C@@H](N)[C@@H](C)CC)CC1. The molecular weight excluding hydrogens is 278 g/mol. The number of amides is 1. The molecule has 1 heterocycles. The van der Waals surface area contributed by atoms with Crippen molar-refractivity contribution in [1.82, 2.24) is 9.21 Å². The van der Waals surface area contributed by atoms with Crippen LogP contribution in [0.1, 0.15) is 33.6 Å². The molecular formula is C13H27N3O3S. The van der Waals surface area contributed by atoms with Gasteiger partial charge in [-0.15, -0.1) is 0 Å². The number of hydrogen-bond acceptors (Lipinski definition) is 4. The lowest BCUT2D eigenvalue weighted by atomic mass is 9.99. The number of piperazine rings is 1. The summed E-state index contributed by atoms with van der Waals surface area (Å²) < 4.78 is 25.4. The first kappa shape index (κ1) is 17.4. The van der Waals surface area contributed by atoms with Crippen molar-refractivity contribution in [3.05, 3.63) is 0 Å². The molecule has 1 rings (SSSR count). The zero-order valence-electron chi connectivity index (χ0n) is 12.7. The van der Waals surface area contributed by atoms with E-state index in [1.807, 2.05) is 20.8 Å². The second-order valence-electron chi connectivity index (χ2n) is 5.45. The molecule has 2 N–H and O–H groups in total. The first-order valence-electron chi connectivity index (χ1n) is 7.35. The maximum absolute atomic E-state index is 12.2. The lowest BCUT2D eigenvalue weighted by molar-refractivity contribution is -0.134. The van der Waals surface area contributed by atoms with Gasteiger partial charge in [-0.1, -0.05) is 27.2 Å². The quantitative estimate of drug-likeness (QED) is 0.762. The molecule has 0 bridgehead atoms. The zero-order valence-corrected chi connectivity index (χ0v) is 13.5. The Hall–Kier alpha value is -0.660. The third-order valence-corrected chi connectivity index (χ3v) is 6.02. The van der Waals surface area contributed by atoms with Crippen LogP contribution in [-0.2, 0) is 14.8 Å². The summed E-state index contributed by atoms with van der Waals surface area (Å²) in [5, 5.41) is 0. The highest BCUT2D eigenvalue weighted by Gasteiger charge is 2.31. The lowest BCUT2D eigenvalue weighted by Crippen LogP contribution is -2.55. The molecule has 0 spiro atoms. The fourth-order valence-corrected chi connectivity index (χ4v) is 3.78. The van der Waals surface area contributed by atoms with Gasteiger partial charge in [0.15, 0.2) is 0 Å². The van der Waals surface area contributed by atoms with Gasteiger partial charge in [0.05, 0.1) is 11.8 Å². The van der Waals surface area contributed by atoms with Crippen LogP contribution in [-0.4, -0.2) is 61.5 Å². The van der Waals surface area contributed by atoms with Crippen LogP contribution in [0.5, 0.6) is 0 Å². The summed E-state index contributed by atoms with van der Waals surface area (Å²) in [6, 6.07) is -0.487. The Kier molecular flexibility index (Phi) is 6.42. The molecule has 0 aromatic rings. The van der Waals surface area contributed by atoms with E-state index in [1.165, 1.54) is 4.31 Å². The molecule has 0 aromatic heterocycles. The summed E-state index contributed by atoms with van der Waals surface area (Å²) in [7, 11) is -3.16. The minimum atomic E-state index is -3.16. The fourth-order valence-electron chi connectivity index (χ4n) is 2.28. The van der Waals surface area contributed by atoms with Gasteiger partial charge in [0.1, 0.15) is 0 Å². The van der Waals surface area contributed by atoms with Crippen LogP contribution in [0.15, 0.2) is 0 Å². The van der Waals surface area contributed by atoms with Crippen molar-refractivity contribution in [2.75, 3.05) is 31.9 Å². The van der Waals surface area contributed by atoms with Gasteiger partial charge in [-0.2, -0.15) is 4.31 Å². The van der Waals surface area contributed by atoms with E-state index in [0.29, 0.717) is 32.6 Å². The van der Waals surface area contributed by atoms with Crippen molar-refractivity contribution < 1.29 is 13.2 Å². The van der Waals surface area contributed by atoms with Crippen molar-refractivity contribution in [2.24, 2.45) is 11.7 Å². The summed E-state index contributed by atoms with van der Waals surface area (Å²) >= 11 is 0. The summed E-state index contributed by atoms with van der Waals surface area (Å²) in [6.07, 6.45) is 1.47. The average molecular weight is 305 g/mol. The summed E-state index contributed by atoms with van der Waals surface area (Å²) in [5.74, 6) is 0.254. The van der Waals surface area contributed by atoms with Gasteiger partial charge in [0, 0.05) is 26.2 Å². The highest BCUT2D eigenvalue weighted by molar-refractivity contribution is 7.89. The van der Waals surface area contributed by atoms with Crippen LogP contribution in [0.4, 0.5) is 0 Å². The smallest absolute Gasteiger partial charge is 0.239 e. The second kappa shape index (κ2) is 7.38. The molecule has 7 heteroatoms. The van der Waals surface area contributed by atoms with E-state index in [9.17, 15) is 13.2 Å². The minimum Gasteiger partial charge on any atom is -0.339 e. The van der Waals surface area contributed by atoms with E-state index >= 15 is 0 Å². The van der Waals surface area contributed by atoms with Crippen LogP contribution in [0.25, 0.3) is 0 Å². The lowest BCUT2D eigenvalue weighted by Gasteiger charge is -2.36. The van der Waals surface area contributed by atoms with E-state index < -0.39 is 16.1 Å². The van der Waals surface area contributed by atoms with Gasteiger partial charge in [0.25, 0.3) is 0 Å². The maximum atomic E-state index is 12.2. The Labute approximate surface area is 122 Å². The summed E-state index contributed by atoms with van der Waals surface area (Å²) in [6.45, 7) is 7.44. The fraction of sp³-hybridized carbons (Fsp3) is 0.923. The molecule has 2 atom stereocenters. The molecule has 6 nitrogen and oxygen atoms in total. The number of hydrogen-bond donors (Lipinski definition) is 1. The Balaban J connectivity index is 2.56. The van der Waals surface area contributed by atoms with Gasteiger partial charge < -0.3 is 10.6 Å². The highest BCUT2D eigenvalue weighted by Crippen LogP contribution is 2.13. The Morgan fingerprint density at radius 1 is 1.20 bits per heavy atom. The minimum absolute atomic E-state index is 0.0631. The topological polar surface area (TPSA) is 83.7 Å². The monoisotopic (exact) mass is 305 g/mol. The van der Waals surface area contributed by atoms with E-state index in [4.69, 9.17) is 5.73 Å². The first-order valence-corrected chi connectivity index (χ1v) is 8.96. The number of nitrogens with two attached hydrogens (primary N) is 1. The first-order chi connectivity index (χ1) is 9.33. The third-order valence-electron chi connectivity index (χ3n) is 3.95. The van der Waals surface area contributed by atoms with Crippen LogP contribution in [0, 0.1) is 5.92 Å². The molecule has 1 fully saturated rings. The predicted octanol–water partition coefficient (Wildman–Crippen LogP) is 0.244. The molecule has 0 saturated carbocycles. The Morgan fingerprint density at radius 2 is 1.75 bits per heavy atom. The highest BCUT2D eigenvalue weighted by atomic mass is 32.2. The molecule has 118 valence electrons. The van der Waals surface area contributed by atoms with Crippen molar-refractivity contribution in [2.45, 2.75) is 39.7 Å². The standard InChI is InChI=1S/C13H27N3O3S/c1-4-10-20(18,19)16-8-6-15(7-9-16)13(17)12(14)11(3)5-2/h11-12H,4-10,14H2,1-3H3/t11-,12-/m0/s1. The van der Waals surface area contributed by atoms with Gasteiger partial charge in [-0.25, -0.2) is 8.42 Å². The average Bonchev–Trinajstić information content (AvgIpc) is 2.45. The number of sulfonamides is 1. The zero-order chi connectivity index (χ0) is 15.3. The van der Waals surface area contributed by atoms with Gasteiger partial charge in [-0.3, -0.25) is 4.79 Å². The molecule has 0 aliphatic carbocycles. The Bertz CT molecular complexity index is 417. The number of nitrogens with zero attached hydrogens (tertiary/aromatic N) is 2. The summed E-state index contributed by atoms with van der Waals surface area (Å²) in [5.41, 5.74) is 5.95. The number of carbonyl (C=O) groups is 1. The number of rotatable bonds is 6. The van der Waals surface area contributed by atoms with Crippen LogP contribution >= 0.6 is 0 Å².